The molecule has 1 N–H and O–H groups in total. The molecule has 0 aliphatic carbocycles. The van der Waals surface area contributed by atoms with Gasteiger partial charge in [-0.25, -0.2) is 0 Å². The highest BCUT2D eigenvalue weighted by molar-refractivity contribution is 5.94. The zero-order valence-corrected chi connectivity index (χ0v) is 14.6. The third-order valence-corrected chi connectivity index (χ3v) is 5.14. The normalized spacial score (nSPS) is 24.3. The molecule has 3 fully saturated rings. The van der Waals surface area contributed by atoms with Crippen LogP contribution in [-0.4, -0.2) is 47.3 Å². The minimum absolute atomic E-state index is 0.000294. The predicted octanol–water partition coefficient (Wildman–Crippen LogP) is 2.49. The number of ketones is 1. The lowest BCUT2D eigenvalue weighted by Gasteiger charge is -2.44. The van der Waals surface area contributed by atoms with Gasteiger partial charge in [-0.05, 0) is 56.1 Å². The number of nitrogens with one attached hydrogen (secondary N) is 1. The Morgan fingerprint density at radius 2 is 1.96 bits per heavy atom. The van der Waals surface area contributed by atoms with Gasteiger partial charge in [-0.1, -0.05) is 0 Å². The van der Waals surface area contributed by atoms with E-state index >= 15 is 0 Å². The standard InChI is InChI=1S/C19H21N3O4/c1-12(23)17-11-25-19(21-17)26-15-4-2-14(3-5-15)18(24)20-16-10-22-8-6-13(16)7-9-22/h2-5,11,13,16H,6-10H2,1H3,(H,20,24). The number of rotatable bonds is 5. The van der Waals surface area contributed by atoms with Gasteiger partial charge in [0.1, 0.15) is 17.7 Å². The van der Waals surface area contributed by atoms with E-state index in [0.29, 0.717) is 17.2 Å². The summed E-state index contributed by atoms with van der Waals surface area (Å²) in [5.41, 5.74) is 0.805. The molecule has 26 heavy (non-hydrogen) atoms. The number of aromatic nitrogens is 1. The van der Waals surface area contributed by atoms with Crippen molar-refractivity contribution in [2.75, 3.05) is 19.6 Å². The average Bonchev–Trinajstić information content (AvgIpc) is 3.12. The Morgan fingerprint density at radius 1 is 1.23 bits per heavy atom. The van der Waals surface area contributed by atoms with Gasteiger partial charge in [-0.15, -0.1) is 0 Å². The maximum Gasteiger partial charge on any atom is 0.399 e. The molecule has 2 bridgehead atoms. The molecule has 1 amide bonds. The summed E-state index contributed by atoms with van der Waals surface area (Å²) in [5.74, 6) is 0.821. The van der Waals surface area contributed by atoms with Crippen molar-refractivity contribution in [3.63, 3.8) is 0 Å². The Hall–Kier alpha value is -2.67. The van der Waals surface area contributed by atoms with Crippen LogP contribution in [0.15, 0.2) is 34.9 Å². The highest BCUT2D eigenvalue weighted by Crippen LogP contribution is 2.28. The monoisotopic (exact) mass is 355 g/mol. The average molecular weight is 355 g/mol. The number of nitrogens with zero attached hydrogens (tertiary/aromatic N) is 2. The highest BCUT2D eigenvalue weighted by Gasteiger charge is 2.34. The smallest absolute Gasteiger partial charge is 0.399 e. The van der Waals surface area contributed by atoms with E-state index in [4.69, 9.17) is 9.15 Å². The van der Waals surface area contributed by atoms with Crippen molar-refractivity contribution in [3.8, 4) is 11.8 Å². The van der Waals surface area contributed by atoms with Gasteiger partial charge in [0.2, 0.25) is 0 Å². The quantitative estimate of drug-likeness (QED) is 0.830. The van der Waals surface area contributed by atoms with Gasteiger partial charge >= 0.3 is 6.08 Å². The molecule has 4 heterocycles. The zero-order valence-electron chi connectivity index (χ0n) is 14.6. The first-order valence-electron chi connectivity index (χ1n) is 8.86. The van der Waals surface area contributed by atoms with Crippen LogP contribution < -0.4 is 10.1 Å². The Morgan fingerprint density at radius 3 is 2.54 bits per heavy atom. The Labute approximate surface area is 151 Å². The molecular formula is C19H21N3O4. The zero-order chi connectivity index (χ0) is 18.1. The molecular weight excluding hydrogens is 334 g/mol. The van der Waals surface area contributed by atoms with Crippen LogP contribution >= 0.6 is 0 Å². The van der Waals surface area contributed by atoms with Crippen LogP contribution in [-0.2, 0) is 0 Å². The highest BCUT2D eigenvalue weighted by atomic mass is 16.6. The van der Waals surface area contributed by atoms with Crippen molar-refractivity contribution in [1.82, 2.24) is 15.2 Å². The van der Waals surface area contributed by atoms with Crippen molar-refractivity contribution >= 4 is 11.7 Å². The topological polar surface area (TPSA) is 84.7 Å². The number of benzene rings is 1. The van der Waals surface area contributed by atoms with Gasteiger partial charge in [0, 0.05) is 25.1 Å². The van der Waals surface area contributed by atoms with Gasteiger partial charge in [0.25, 0.3) is 5.91 Å². The van der Waals surface area contributed by atoms with Crippen molar-refractivity contribution in [2.45, 2.75) is 25.8 Å². The number of fused-ring (bicyclic) bond motifs is 3. The molecule has 0 saturated carbocycles. The number of ether oxygens (including phenoxy) is 1. The summed E-state index contributed by atoms with van der Waals surface area (Å²) >= 11 is 0. The molecule has 1 atom stereocenters. The Kier molecular flexibility index (Phi) is 4.46. The lowest BCUT2D eigenvalue weighted by atomic mass is 9.84. The summed E-state index contributed by atoms with van der Waals surface area (Å²) < 4.78 is 10.6. The summed E-state index contributed by atoms with van der Waals surface area (Å²) in [6.07, 6.45) is 3.58. The van der Waals surface area contributed by atoms with Crippen LogP contribution in [0.3, 0.4) is 0 Å². The third kappa shape index (κ3) is 3.48. The van der Waals surface area contributed by atoms with Crippen molar-refractivity contribution < 1.29 is 18.7 Å². The molecule has 7 nitrogen and oxygen atoms in total. The van der Waals surface area contributed by atoms with E-state index in [-0.39, 0.29) is 29.5 Å². The first-order valence-corrected chi connectivity index (χ1v) is 8.86. The molecule has 1 unspecified atom stereocenters. The van der Waals surface area contributed by atoms with E-state index in [9.17, 15) is 9.59 Å². The largest absolute Gasteiger partial charge is 0.416 e. The van der Waals surface area contributed by atoms with Gasteiger partial charge in [0.05, 0.1) is 0 Å². The molecule has 1 aromatic carbocycles. The predicted molar refractivity (Wildman–Crippen MR) is 93.4 cm³/mol. The van der Waals surface area contributed by atoms with Gasteiger partial charge in [0.15, 0.2) is 5.78 Å². The molecule has 1 aromatic heterocycles. The Bertz CT molecular complexity index is 806. The molecule has 136 valence electrons. The molecule has 7 heteroatoms. The van der Waals surface area contributed by atoms with E-state index in [1.165, 1.54) is 13.2 Å². The summed E-state index contributed by atoms with van der Waals surface area (Å²) in [6, 6.07) is 7.02. The fourth-order valence-electron chi connectivity index (χ4n) is 3.62. The lowest BCUT2D eigenvalue weighted by molar-refractivity contribution is 0.0620. The van der Waals surface area contributed by atoms with Crippen LogP contribution in [0.2, 0.25) is 0 Å². The first-order chi connectivity index (χ1) is 12.6. The maximum absolute atomic E-state index is 12.5. The minimum Gasteiger partial charge on any atom is -0.416 e. The van der Waals surface area contributed by atoms with Crippen molar-refractivity contribution in [2.24, 2.45) is 5.92 Å². The van der Waals surface area contributed by atoms with E-state index in [0.717, 1.165) is 32.5 Å². The number of hydrogen-bond acceptors (Lipinski definition) is 6. The molecule has 0 radical (unpaired) electrons. The number of hydrogen-bond donors (Lipinski definition) is 1. The fourth-order valence-corrected chi connectivity index (χ4v) is 3.62. The number of Topliss-reactive ketones (excluding diaryl/α,β-unsaturated/α-hetero) is 1. The molecule has 5 rings (SSSR count). The summed E-state index contributed by atoms with van der Waals surface area (Å²) in [5, 5.41) is 3.16. The fraction of sp³-hybridized carbons (Fsp3) is 0.421. The molecule has 0 spiro atoms. The number of carbonyl (C=O) groups excluding carboxylic acids is 2. The number of carbonyl (C=O) groups is 2. The van der Waals surface area contributed by atoms with Crippen molar-refractivity contribution in [3.05, 3.63) is 41.8 Å². The van der Waals surface area contributed by atoms with Crippen LogP contribution in [0.4, 0.5) is 0 Å². The van der Waals surface area contributed by atoms with Gasteiger partial charge in [-0.3, -0.25) is 9.59 Å². The Balaban J connectivity index is 1.37. The van der Waals surface area contributed by atoms with Crippen LogP contribution in [0.25, 0.3) is 0 Å². The van der Waals surface area contributed by atoms with Crippen molar-refractivity contribution in [1.29, 1.82) is 0 Å². The lowest BCUT2D eigenvalue weighted by Crippen LogP contribution is -2.57. The van der Waals surface area contributed by atoms with E-state index in [1.54, 1.807) is 24.3 Å². The maximum atomic E-state index is 12.5. The van der Waals surface area contributed by atoms with Gasteiger partial charge in [-0.2, -0.15) is 4.98 Å². The van der Waals surface area contributed by atoms with Crippen LogP contribution in [0, 0.1) is 5.92 Å². The first kappa shape index (κ1) is 16.8. The van der Waals surface area contributed by atoms with Crippen LogP contribution in [0.1, 0.15) is 40.6 Å². The van der Waals surface area contributed by atoms with E-state index in [2.05, 4.69) is 15.2 Å². The summed E-state index contributed by atoms with van der Waals surface area (Å²) in [7, 11) is 0. The summed E-state index contributed by atoms with van der Waals surface area (Å²) in [6.45, 7) is 4.65. The third-order valence-electron chi connectivity index (χ3n) is 5.14. The van der Waals surface area contributed by atoms with Crippen LogP contribution in [0.5, 0.6) is 11.8 Å². The van der Waals surface area contributed by atoms with E-state index < -0.39 is 0 Å². The molecule has 3 aliphatic heterocycles. The molecule has 2 aromatic rings. The second kappa shape index (κ2) is 6.92. The second-order valence-electron chi connectivity index (χ2n) is 6.90. The SMILES string of the molecule is CC(=O)c1coc(Oc2ccc(C(=O)NC3CN4CCC3CC4)cc2)n1. The minimum atomic E-state index is -0.191. The number of oxazole rings is 1. The molecule has 3 saturated heterocycles. The number of amides is 1. The second-order valence-corrected chi connectivity index (χ2v) is 6.90. The summed E-state index contributed by atoms with van der Waals surface area (Å²) in [4.78, 5) is 30.1. The molecule has 3 aliphatic rings. The van der Waals surface area contributed by atoms with E-state index in [1.807, 2.05) is 0 Å². The number of piperidine rings is 3. The van der Waals surface area contributed by atoms with Gasteiger partial charge < -0.3 is 19.4 Å².